The lowest BCUT2D eigenvalue weighted by Crippen LogP contribution is -2.17. The number of phenolic OH excluding ortho intramolecular Hbond substituents is 1. The summed E-state index contributed by atoms with van der Waals surface area (Å²) in [5.74, 6) is -0.286. The van der Waals surface area contributed by atoms with Crippen molar-refractivity contribution in [2.24, 2.45) is 0 Å². The number of carboxylic acid groups (broad SMARTS) is 2. The number of ether oxygens (including phenoxy) is 6. The van der Waals surface area contributed by atoms with Gasteiger partial charge in [0.15, 0.2) is 5.75 Å². The minimum atomic E-state index is -1.32. The van der Waals surface area contributed by atoms with E-state index in [1.165, 1.54) is 23.8 Å². The quantitative estimate of drug-likeness (QED) is 0.0526. The molecule has 0 spiro atoms. The van der Waals surface area contributed by atoms with Gasteiger partial charge in [-0.3, -0.25) is 0 Å². The molecule has 1 heterocycles. The fourth-order valence-corrected chi connectivity index (χ4v) is 6.29. The molecule has 4 aromatic carbocycles. The van der Waals surface area contributed by atoms with Gasteiger partial charge in [-0.25, -0.2) is 9.59 Å². The van der Waals surface area contributed by atoms with E-state index in [1.807, 2.05) is 30.3 Å². The van der Waals surface area contributed by atoms with E-state index in [0.717, 1.165) is 26.3 Å². The molecule has 0 aliphatic rings. The van der Waals surface area contributed by atoms with Gasteiger partial charge in [0.2, 0.25) is 0 Å². The van der Waals surface area contributed by atoms with Crippen LogP contribution in [0.2, 0.25) is 0 Å². The highest BCUT2D eigenvalue weighted by Crippen LogP contribution is 2.47. The average Bonchev–Trinajstić information content (AvgIpc) is 3.48. The number of benzene rings is 4. The van der Waals surface area contributed by atoms with E-state index >= 15 is 0 Å². The summed E-state index contributed by atoms with van der Waals surface area (Å²) in [5, 5.41) is 32.4. The number of fused-ring (bicyclic) bond motifs is 1. The first-order valence-corrected chi connectivity index (χ1v) is 17.5. The largest absolute Gasteiger partial charge is 0.508 e. The summed E-state index contributed by atoms with van der Waals surface area (Å²) in [6.45, 7) is 5.77. The molecular weight excluding hydrogens is 690 g/mol. The summed E-state index contributed by atoms with van der Waals surface area (Å²) >= 11 is 1.58. The number of aromatic hydroxyl groups is 1. The molecule has 4 N–H and O–H groups in total. The van der Waals surface area contributed by atoms with Crippen molar-refractivity contribution in [3.63, 3.8) is 0 Å². The Morgan fingerprint density at radius 1 is 0.692 bits per heavy atom. The lowest BCUT2D eigenvalue weighted by molar-refractivity contribution is -0.00368. The van der Waals surface area contributed by atoms with Crippen molar-refractivity contribution in [3.8, 4) is 33.4 Å². The Balaban J connectivity index is 0.903. The smallest absolute Gasteiger partial charge is 0.338 e. The third-order valence-electron chi connectivity index (χ3n) is 7.67. The Morgan fingerprint density at radius 2 is 1.31 bits per heavy atom. The summed E-state index contributed by atoms with van der Waals surface area (Å²) in [6, 6.07) is 25.3. The van der Waals surface area contributed by atoms with Gasteiger partial charge in [-0.2, -0.15) is 0 Å². The van der Waals surface area contributed by atoms with Gasteiger partial charge in [0.05, 0.1) is 68.9 Å². The molecule has 274 valence electrons. The van der Waals surface area contributed by atoms with Crippen LogP contribution in [-0.2, 0) is 18.9 Å². The maximum absolute atomic E-state index is 11.5. The van der Waals surface area contributed by atoms with E-state index in [-0.39, 0.29) is 29.2 Å². The molecule has 0 unspecified atom stereocenters. The van der Waals surface area contributed by atoms with Crippen molar-refractivity contribution in [2.75, 3.05) is 71.3 Å². The van der Waals surface area contributed by atoms with Crippen LogP contribution < -0.4 is 14.8 Å². The van der Waals surface area contributed by atoms with Gasteiger partial charge in [-0.05, 0) is 67.1 Å². The van der Waals surface area contributed by atoms with E-state index in [2.05, 4.69) is 36.5 Å². The number of carbonyl (C=O) groups is 2. The first kappa shape index (κ1) is 38.1. The molecule has 0 saturated carbocycles. The molecule has 0 saturated heterocycles. The second-order valence-corrected chi connectivity index (χ2v) is 12.5. The van der Waals surface area contributed by atoms with Gasteiger partial charge in [0, 0.05) is 22.3 Å². The van der Waals surface area contributed by atoms with Crippen molar-refractivity contribution >= 4 is 39.0 Å². The molecule has 5 aromatic rings. The number of phenols is 1. The molecule has 0 bridgehead atoms. The number of hydrogen-bond donors (Lipinski definition) is 4. The fraction of sp³-hybridized carbons (Fsp3) is 0.282. The summed E-state index contributed by atoms with van der Waals surface area (Å²) < 4.78 is 35.2. The molecule has 52 heavy (non-hydrogen) atoms. The van der Waals surface area contributed by atoms with E-state index in [1.54, 1.807) is 23.5 Å². The lowest BCUT2D eigenvalue weighted by Gasteiger charge is -2.12. The third-order valence-corrected chi connectivity index (χ3v) is 8.85. The number of rotatable bonds is 22. The van der Waals surface area contributed by atoms with E-state index in [9.17, 15) is 24.9 Å². The summed E-state index contributed by atoms with van der Waals surface area (Å²) in [7, 11) is 0. The van der Waals surface area contributed by atoms with Gasteiger partial charge in [-0.15, -0.1) is 11.3 Å². The number of nitrogens with one attached hydrogen (secondary N) is 1. The highest BCUT2D eigenvalue weighted by Gasteiger charge is 2.20. The predicted molar refractivity (Wildman–Crippen MR) is 198 cm³/mol. The third kappa shape index (κ3) is 10.9. The van der Waals surface area contributed by atoms with Crippen LogP contribution in [0.25, 0.3) is 20.5 Å². The molecule has 0 atom stereocenters. The number of anilines is 1. The number of carboxylic acids is 2. The summed E-state index contributed by atoms with van der Waals surface area (Å²) in [5.41, 5.74) is 1.89. The first-order chi connectivity index (χ1) is 25.3. The zero-order valence-corrected chi connectivity index (χ0v) is 29.5. The topological polar surface area (TPSA) is 162 Å². The predicted octanol–water partition coefficient (Wildman–Crippen LogP) is 7.33. The Hall–Kier alpha value is -5.18. The molecule has 13 heteroatoms. The molecule has 12 nitrogen and oxygen atoms in total. The van der Waals surface area contributed by atoms with Crippen molar-refractivity contribution < 1.29 is 53.3 Å². The summed E-state index contributed by atoms with van der Waals surface area (Å²) in [6.07, 6.45) is 0. The lowest BCUT2D eigenvalue weighted by atomic mass is 10.1. The molecule has 5 rings (SSSR count). The molecule has 0 amide bonds. The second kappa shape index (κ2) is 19.4. The standard InChI is InChI=1S/C39H41NO11S/c1-26-5-7-27(8-6-26)37-36(31-14-9-28(41)25-34(31)52-37)51-30-12-10-29(11-13-30)50-24-23-49-22-21-48-20-19-47-18-17-46-16-15-40-33-4-2-3-32(38(42)43)35(33)39(44)45/h2-14,25,40-41H,15-24H2,1H3,(H,42,43)(H,44,45). The molecule has 0 aliphatic heterocycles. The van der Waals surface area contributed by atoms with Gasteiger partial charge >= 0.3 is 11.9 Å². The van der Waals surface area contributed by atoms with Crippen LogP contribution in [-0.4, -0.2) is 93.3 Å². The Bertz CT molecular complexity index is 1910. The molecule has 0 fully saturated rings. The van der Waals surface area contributed by atoms with Crippen molar-refractivity contribution in [2.45, 2.75) is 6.92 Å². The highest BCUT2D eigenvalue weighted by molar-refractivity contribution is 7.22. The van der Waals surface area contributed by atoms with E-state index < -0.39 is 11.9 Å². The number of aromatic carboxylic acids is 2. The zero-order valence-electron chi connectivity index (χ0n) is 28.7. The van der Waals surface area contributed by atoms with Crippen molar-refractivity contribution in [1.29, 1.82) is 0 Å². The normalized spacial score (nSPS) is 11.1. The minimum absolute atomic E-state index is 0.216. The van der Waals surface area contributed by atoms with E-state index in [0.29, 0.717) is 70.9 Å². The minimum Gasteiger partial charge on any atom is -0.508 e. The van der Waals surface area contributed by atoms with Gasteiger partial charge < -0.3 is 49.1 Å². The van der Waals surface area contributed by atoms with Crippen LogP contribution in [0, 0.1) is 6.92 Å². The highest BCUT2D eigenvalue weighted by atomic mass is 32.1. The molecule has 1 aromatic heterocycles. The Labute approximate surface area is 305 Å². The molecule has 0 aliphatic carbocycles. The van der Waals surface area contributed by atoms with Crippen LogP contribution in [0.15, 0.2) is 84.9 Å². The van der Waals surface area contributed by atoms with Crippen molar-refractivity contribution in [3.05, 3.63) is 102 Å². The maximum Gasteiger partial charge on any atom is 0.338 e. The van der Waals surface area contributed by atoms with Crippen LogP contribution in [0.3, 0.4) is 0 Å². The van der Waals surface area contributed by atoms with Gasteiger partial charge in [-0.1, -0.05) is 35.9 Å². The van der Waals surface area contributed by atoms with Crippen LogP contribution in [0.4, 0.5) is 5.69 Å². The maximum atomic E-state index is 11.5. The number of thiophene rings is 1. The van der Waals surface area contributed by atoms with Crippen molar-refractivity contribution in [1.82, 2.24) is 0 Å². The Kier molecular flexibility index (Phi) is 14.2. The first-order valence-electron chi connectivity index (χ1n) is 16.7. The molecule has 0 radical (unpaired) electrons. The van der Waals surface area contributed by atoms with Gasteiger partial charge in [0.25, 0.3) is 0 Å². The van der Waals surface area contributed by atoms with Crippen LogP contribution in [0.5, 0.6) is 23.0 Å². The monoisotopic (exact) mass is 731 g/mol. The fourth-order valence-electron chi connectivity index (χ4n) is 5.13. The SMILES string of the molecule is Cc1ccc(-c2sc3cc(O)ccc3c2Oc2ccc(OCCOCCOCCOCCOCCNc3cccc(C(=O)O)c3C(=O)O)cc2)cc1. The number of aryl methyl sites for hydroxylation is 1. The average molecular weight is 732 g/mol. The number of hydrogen-bond acceptors (Lipinski definition) is 11. The Morgan fingerprint density at radius 3 is 1.94 bits per heavy atom. The van der Waals surface area contributed by atoms with E-state index in [4.69, 9.17) is 28.4 Å². The van der Waals surface area contributed by atoms with Crippen LogP contribution >= 0.6 is 11.3 Å². The zero-order chi connectivity index (χ0) is 36.7. The summed E-state index contributed by atoms with van der Waals surface area (Å²) in [4.78, 5) is 23.8. The second-order valence-electron chi connectivity index (χ2n) is 11.4. The van der Waals surface area contributed by atoms with Crippen LogP contribution in [0.1, 0.15) is 26.3 Å². The van der Waals surface area contributed by atoms with Gasteiger partial charge in [0.1, 0.15) is 23.9 Å². The molecular formula is C39H41NO11S.